The van der Waals surface area contributed by atoms with Gasteiger partial charge in [-0.15, -0.1) is 0 Å². The molecule has 0 bridgehead atoms. The van der Waals surface area contributed by atoms with E-state index in [9.17, 15) is 9.90 Å². The zero-order valence-corrected chi connectivity index (χ0v) is 10.8. The number of fused-ring (bicyclic) bond motifs is 1. The Labute approximate surface area is 116 Å². The van der Waals surface area contributed by atoms with Gasteiger partial charge in [-0.1, -0.05) is 42.5 Å². The van der Waals surface area contributed by atoms with Crippen molar-refractivity contribution in [2.45, 2.75) is 12.5 Å². The molecule has 0 saturated carbocycles. The molecule has 3 rings (SSSR count). The first-order valence-electron chi connectivity index (χ1n) is 6.43. The molecule has 3 aromatic rings. The molecule has 0 aliphatic heterocycles. The van der Waals surface area contributed by atoms with Crippen molar-refractivity contribution in [3.63, 3.8) is 0 Å². The molecule has 1 unspecified atom stereocenters. The van der Waals surface area contributed by atoms with Crippen molar-refractivity contribution in [3.05, 3.63) is 66.5 Å². The molecule has 4 heteroatoms. The van der Waals surface area contributed by atoms with Crippen molar-refractivity contribution in [2.75, 3.05) is 0 Å². The van der Waals surface area contributed by atoms with Crippen LogP contribution in [0.4, 0.5) is 0 Å². The lowest BCUT2D eigenvalue weighted by molar-refractivity contribution is -0.139. The lowest BCUT2D eigenvalue weighted by Gasteiger charge is -2.14. The van der Waals surface area contributed by atoms with Gasteiger partial charge < -0.3 is 9.67 Å². The Kier molecular flexibility index (Phi) is 3.21. The van der Waals surface area contributed by atoms with Gasteiger partial charge >= 0.3 is 5.97 Å². The Bertz CT molecular complexity index is 734. The fraction of sp³-hybridized carbons (Fsp3) is 0.125. The Balaban J connectivity index is 1.97. The zero-order valence-electron chi connectivity index (χ0n) is 10.8. The van der Waals surface area contributed by atoms with Crippen LogP contribution in [0.1, 0.15) is 11.5 Å². The normalized spacial score (nSPS) is 12.4. The predicted octanol–water partition coefficient (Wildman–Crippen LogP) is 2.90. The lowest BCUT2D eigenvalue weighted by Crippen LogP contribution is -2.17. The summed E-state index contributed by atoms with van der Waals surface area (Å²) in [6, 6.07) is 17.0. The number of carboxylic acid groups (broad SMARTS) is 1. The third-order valence-corrected chi connectivity index (χ3v) is 3.41. The maximum Gasteiger partial charge on any atom is 0.312 e. The van der Waals surface area contributed by atoms with E-state index in [0.29, 0.717) is 6.54 Å². The summed E-state index contributed by atoms with van der Waals surface area (Å²) in [6.45, 7) is 0.375. The summed E-state index contributed by atoms with van der Waals surface area (Å²) < 4.78 is 1.89. The number of aliphatic carboxylic acids is 1. The van der Waals surface area contributed by atoms with E-state index in [4.69, 9.17) is 0 Å². The average Bonchev–Trinajstić information content (AvgIpc) is 2.88. The number of hydrogen-bond acceptors (Lipinski definition) is 2. The minimum Gasteiger partial charge on any atom is -0.481 e. The topological polar surface area (TPSA) is 55.1 Å². The van der Waals surface area contributed by atoms with Gasteiger partial charge in [-0.3, -0.25) is 4.79 Å². The highest BCUT2D eigenvalue weighted by Crippen LogP contribution is 2.21. The Morgan fingerprint density at radius 2 is 1.80 bits per heavy atom. The highest BCUT2D eigenvalue weighted by molar-refractivity contribution is 5.78. The summed E-state index contributed by atoms with van der Waals surface area (Å²) in [5.74, 6) is -1.40. The molecule has 1 atom stereocenters. The molecular weight excluding hydrogens is 252 g/mol. The van der Waals surface area contributed by atoms with Crippen LogP contribution in [-0.2, 0) is 11.3 Å². The minimum atomic E-state index is -0.825. The molecule has 1 heterocycles. The van der Waals surface area contributed by atoms with Gasteiger partial charge in [0.25, 0.3) is 0 Å². The number of nitrogens with zero attached hydrogens (tertiary/aromatic N) is 2. The molecule has 100 valence electrons. The molecule has 4 nitrogen and oxygen atoms in total. The van der Waals surface area contributed by atoms with Crippen LogP contribution in [0.25, 0.3) is 11.0 Å². The lowest BCUT2D eigenvalue weighted by atomic mass is 9.99. The van der Waals surface area contributed by atoms with E-state index in [-0.39, 0.29) is 0 Å². The largest absolute Gasteiger partial charge is 0.481 e. The van der Waals surface area contributed by atoms with Crippen LogP contribution in [0.5, 0.6) is 0 Å². The first kappa shape index (κ1) is 12.4. The smallest absolute Gasteiger partial charge is 0.312 e. The van der Waals surface area contributed by atoms with Crippen LogP contribution >= 0.6 is 0 Å². The number of para-hydroxylation sites is 2. The number of imidazole rings is 1. The number of aromatic nitrogens is 2. The van der Waals surface area contributed by atoms with Gasteiger partial charge in [0.1, 0.15) is 0 Å². The highest BCUT2D eigenvalue weighted by Gasteiger charge is 2.20. The van der Waals surface area contributed by atoms with Crippen molar-refractivity contribution in [2.24, 2.45) is 0 Å². The maximum absolute atomic E-state index is 11.5. The molecule has 0 aliphatic rings. The van der Waals surface area contributed by atoms with Crippen molar-refractivity contribution in [3.8, 4) is 0 Å². The summed E-state index contributed by atoms with van der Waals surface area (Å²) in [6.07, 6.45) is 1.70. The van der Waals surface area contributed by atoms with Crippen molar-refractivity contribution >= 4 is 17.0 Å². The van der Waals surface area contributed by atoms with Gasteiger partial charge in [-0.05, 0) is 17.7 Å². The number of benzene rings is 2. The van der Waals surface area contributed by atoms with Gasteiger partial charge in [0.15, 0.2) is 0 Å². The molecule has 1 aromatic heterocycles. The van der Waals surface area contributed by atoms with Crippen molar-refractivity contribution < 1.29 is 9.90 Å². The second kappa shape index (κ2) is 5.17. The highest BCUT2D eigenvalue weighted by atomic mass is 16.4. The molecule has 0 radical (unpaired) electrons. The van der Waals surface area contributed by atoms with Crippen LogP contribution in [0, 0.1) is 0 Å². The first-order valence-corrected chi connectivity index (χ1v) is 6.43. The molecule has 0 spiro atoms. The summed E-state index contributed by atoms with van der Waals surface area (Å²) in [4.78, 5) is 15.8. The Morgan fingerprint density at radius 1 is 1.10 bits per heavy atom. The van der Waals surface area contributed by atoms with E-state index < -0.39 is 11.9 Å². The number of carboxylic acids is 1. The Hall–Kier alpha value is -2.62. The van der Waals surface area contributed by atoms with Gasteiger partial charge in [0.05, 0.1) is 23.3 Å². The van der Waals surface area contributed by atoms with E-state index in [0.717, 1.165) is 16.6 Å². The number of hydrogen-bond donors (Lipinski definition) is 1. The van der Waals surface area contributed by atoms with Gasteiger partial charge in [-0.2, -0.15) is 0 Å². The van der Waals surface area contributed by atoms with E-state index in [1.54, 1.807) is 6.33 Å². The monoisotopic (exact) mass is 266 g/mol. The summed E-state index contributed by atoms with van der Waals surface area (Å²) in [5, 5.41) is 9.46. The van der Waals surface area contributed by atoms with Crippen LogP contribution in [0.15, 0.2) is 60.9 Å². The van der Waals surface area contributed by atoms with E-state index in [2.05, 4.69) is 4.98 Å². The molecule has 0 aliphatic carbocycles. The second-order valence-corrected chi connectivity index (χ2v) is 4.69. The summed E-state index contributed by atoms with van der Waals surface area (Å²) in [7, 11) is 0. The van der Waals surface area contributed by atoms with Crippen LogP contribution in [0.3, 0.4) is 0 Å². The minimum absolute atomic E-state index is 0.375. The summed E-state index contributed by atoms with van der Waals surface area (Å²) >= 11 is 0. The fourth-order valence-electron chi connectivity index (χ4n) is 2.36. The third kappa shape index (κ3) is 2.28. The molecule has 0 amide bonds. The van der Waals surface area contributed by atoms with E-state index in [1.165, 1.54) is 0 Å². The molecule has 20 heavy (non-hydrogen) atoms. The maximum atomic E-state index is 11.5. The molecule has 1 N–H and O–H groups in total. The standard InChI is InChI=1S/C16H14N2O2/c19-16(20)13(12-6-2-1-3-7-12)10-18-11-17-14-8-4-5-9-15(14)18/h1-9,11,13H,10H2,(H,19,20). The average molecular weight is 266 g/mol. The molecule has 2 aromatic carbocycles. The van der Waals surface area contributed by atoms with Gasteiger partial charge in [0, 0.05) is 6.54 Å². The van der Waals surface area contributed by atoms with Crippen molar-refractivity contribution in [1.82, 2.24) is 9.55 Å². The zero-order chi connectivity index (χ0) is 13.9. The van der Waals surface area contributed by atoms with Crippen LogP contribution in [0.2, 0.25) is 0 Å². The summed E-state index contributed by atoms with van der Waals surface area (Å²) in [5.41, 5.74) is 2.64. The predicted molar refractivity (Wildman–Crippen MR) is 76.6 cm³/mol. The van der Waals surface area contributed by atoms with E-state index >= 15 is 0 Å². The quantitative estimate of drug-likeness (QED) is 0.790. The van der Waals surface area contributed by atoms with Gasteiger partial charge in [0.2, 0.25) is 0 Å². The van der Waals surface area contributed by atoms with Gasteiger partial charge in [-0.25, -0.2) is 4.98 Å². The number of rotatable bonds is 4. The first-order chi connectivity index (χ1) is 9.75. The van der Waals surface area contributed by atoms with Crippen LogP contribution < -0.4 is 0 Å². The van der Waals surface area contributed by atoms with Crippen molar-refractivity contribution in [1.29, 1.82) is 0 Å². The number of carbonyl (C=O) groups is 1. The second-order valence-electron chi connectivity index (χ2n) is 4.69. The molecular formula is C16H14N2O2. The van der Waals surface area contributed by atoms with Crippen LogP contribution in [-0.4, -0.2) is 20.6 Å². The third-order valence-electron chi connectivity index (χ3n) is 3.41. The van der Waals surface area contributed by atoms with E-state index in [1.807, 2.05) is 59.2 Å². The SMILES string of the molecule is O=C(O)C(Cn1cnc2ccccc21)c1ccccc1. The molecule has 0 saturated heterocycles. The fourth-order valence-corrected chi connectivity index (χ4v) is 2.36. The molecule has 0 fully saturated rings. The Morgan fingerprint density at radius 3 is 2.55 bits per heavy atom.